The molecule has 1 aliphatic rings. The first-order chi connectivity index (χ1) is 5.75. The minimum absolute atomic E-state index is 0.102. The molecule has 0 aliphatic carbocycles. The number of nitrogens with zero attached hydrogens (tertiary/aromatic N) is 4. The summed E-state index contributed by atoms with van der Waals surface area (Å²) < 4.78 is 1.28. The summed E-state index contributed by atoms with van der Waals surface area (Å²) in [5.74, 6) is 0.718. The molecule has 0 saturated heterocycles. The third-order valence-electron chi connectivity index (χ3n) is 1.41. The second kappa shape index (κ2) is 3.15. The van der Waals surface area contributed by atoms with Crippen molar-refractivity contribution in [2.24, 2.45) is 7.05 Å². The molecule has 0 amide bonds. The molecule has 0 bridgehead atoms. The van der Waals surface area contributed by atoms with Crippen molar-refractivity contribution in [1.29, 1.82) is 0 Å². The molecular formula is C6H6AsBrN4. The fraction of sp³-hybridized carbons (Fsp3) is 0.167. The first-order valence-electron chi connectivity index (χ1n) is 3.34. The zero-order valence-electron chi connectivity index (χ0n) is 6.32. The fourth-order valence-electron chi connectivity index (χ4n) is 0.895. The summed E-state index contributed by atoms with van der Waals surface area (Å²) in [4.78, 5) is 3.66. The first kappa shape index (κ1) is 8.20. The number of aromatic nitrogens is 4. The predicted octanol–water partition coefficient (Wildman–Crippen LogP) is 0.237. The number of hydrogen-bond donors (Lipinski definition) is 0. The van der Waals surface area contributed by atoms with Crippen LogP contribution in [0, 0.1) is 0 Å². The Hall–Kier alpha value is -0.412. The fourth-order valence-corrected chi connectivity index (χ4v) is 3.30. The molecule has 12 heavy (non-hydrogen) atoms. The third kappa shape index (κ3) is 1.52. The third-order valence-corrected chi connectivity index (χ3v) is 4.67. The molecule has 1 aromatic heterocycles. The van der Waals surface area contributed by atoms with Gasteiger partial charge in [-0.15, -0.1) is 0 Å². The number of hydrogen-bond acceptors (Lipinski definition) is 3. The molecule has 2 heterocycles. The van der Waals surface area contributed by atoms with Gasteiger partial charge in [-0.05, 0) is 0 Å². The zero-order valence-corrected chi connectivity index (χ0v) is 10.0. The zero-order chi connectivity index (χ0) is 8.55. The van der Waals surface area contributed by atoms with Crippen LogP contribution < -0.4 is 0 Å². The van der Waals surface area contributed by atoms with Gasteiger partial charge < -0.3 is 0 Å². The van der Waals surface area contributed by atoms with Crippen molar-refractivity contribution in [2.75, 3.05) is 0 Å². The molecular weight excluding hydrogens is 283 g/mol. The molecule has 1 atom stereocenters. The molecule has 0 spiro atoms. The van der Waals surface area contributed by atoms with E-state index in [2.05, 4.69) is 42.3 Å². The molecule has 0 fully saturated rings. The monoisotopic (exact) mass is 288 g/mol. The van der Waals surface area contributed by atoms with Crippen molar-refractivity contribution >= 4 is 37.3 Å². The maximum atomic E-state index is 4.11. The van der Waals surface area contributed by atoms with Gasteiger partial charge in [0.15, 0.2) is 0 Å². The van der Waals surface area contributed by atoms with Crippen molar-refractivity contribution in [3.05, 3.63) is 20.0 Å². The van der Waals surface area contributed by atoms with Crippen molar-refractivity contribution < 1.29 is 0 Å². The molecule has 0 radical (unpaired) electrons. The Bertz CT molecular complexity index is 367. The summed E-state index contributed by atoms with van der Waals surface area (Å²) in [7, 11) is 1.76. The van der Waals surface area contributed by atoms with Crippen molar-refractivity contribution in [3.8, 4) is 0 Å². The average Bonchev–Trinajstić information content (AvgIpc) is 2.58. The first-order valence-corrected chi connectivity index (χ1v) is 6.39. The van der Waals surface area contributed by atoms with E-state index < -0.39 is 0 Å². The van der Waals surface area contributed by atoms with Gasteiger partial charge in [0.1, 0.15) is 0 Å². The second-order valence-electron chi connectivity index (χ2n) is 2.34. The van der Waals surface area contributed by atoms with Gasteiger partial charge in [0, 0.05) is 0 Å². The van der Waals surface area contributed by atoms with Crippen molar-refractivity contribution in [1.82, 2.24) is 20.2 Å². The van der Waals surface area contributed by atoms with E-state index in [9.17, 15) is 0 Å². The van der Waals surface area contributed by atoms with Crippen molar-refractivity contribution in [2.45, 2.75) is 0 Å². The molecule has 0 aromatic carbocycles. The Morgan fingerprint density at radius 3 is 2.92 bits per heavy atom. The Kier molecular flexibility index (Phi) is 2.15. The second-order valence-corrected chi connectivity index (χ2v) is 7.07. The van der Waals surface area contributed by atoms with Gasteiger partial charge in [0.05, 0.1) is 0 Å². The van der Waals surface area contributed by atoms with Crippen LogP contribution in [0.5, 0.6) is 0 Å². The quantitative estimate of drug-likeness (QED) is 0.695. The molecule has 62 valence electrons. The Morgan fingerprint density at radius 2 is 2.42 bits per heavy atom. The Balaban J connectivity index is 2.33. The molecule has 2 rings (SSSR count). The number of allylic oxidation sites excluding steroid dienone is 2. The molecule has 0 saturated carbocycles. The molecule has 1 unspecified atom stereocenters. The molecule has 0 N–H and O–H groups in total. The van der Waals surface area contributed by atoms with Gasteiger partial charge in [-0.25, -0.2) is 0 Å². The topological polar surface area (TPSA) is 43.6 Å². The normalized spacial score (nSPS) is 18.2. The molecule has 1 aromatic rings. The van der Waals surface area contributed by atoms with Gasteiger partial charge in [-0.2, -0.15) is 0 Å². The van der Waals surface area contributed by atoms with Crippen LogP contribution >= 0.6 is 15.9 Å². The van der Waals surface area contributed by atoms with Gasteiger partial charge in [0.25, 0.3) is 0 Å². The van der Waals surface area contributed by atoms with Crippen LogP contribution in [0.15, 0.2) is 14.2 Å². The number of tetrazole rings is 1. The van der Waals surface area contributed by atoms with Crippen LogP contribution in [-0.4, -0.2) is 36.0 Å². The predicted molar refractivity (Wildman–Crippen MR) is 50.9 cm³/mol. The van der Waals surface area contributed by atoms with Gasteiger partial charge in [-0.1, -0.05) is 0 Å². The Labute approximate surface area is 84.5 Å². The summed E-state index contributed by atoms with van der Waals surface area (Å²) >= 11 is 3.36. The van der Waals surface area contributed by atoms with Crippen LogP contribution in [0.2, 0.25) is 0 Å². The summed E-state index contributed by atoms with van der Waals surface area (Å²) in [5.41, 5.74) is 1.09. The van der Waals surface area contributed by atoms with E-state index in [1.54, 1.807) is 7.05 Å². The standard InChI is InChI=1S/C6H6AsBrN4/c1-12-10-6(9-11-12)4-2-5(8)7-3-4/h2-3,7H,1H3. The molecule has 1 aliphatic heterocycles. The number of rotatable bonds is 1. The Morgan fingerprint density at radius 1 is 1.58 bits per heavy atom. The molecule has 4 nitrogen and oxygen atoms in total. The average molecular weight is 289 g/mol. The van der Waals surface area contributed by atoms with E-state index in [-0.39, 0.29) is 15.8 Å². The van der Waals surface area contributed by atoms with E-state index in [4.69, 9.17) is 0 Å². The number of aryl methyl sites for hydroxylation is 1. The minimum atomic E-state index is -0.102. The number of halogens is 1. The van der Waals surface area contributed by atoms with Crippen LogP contribution in [0.1, 0.15) is 5.82 Å². The maximum absolute atomic E-state index is 4.11. The SMILES string of the molecule is Cn1nnc(C2=C[AsH]C(Br)=C2)n1. The summed E-state index contributed by atoms with van der Waals surface area (Å²) in [6.07, 6.45) is 2.07. The van der Waals surface area contributed by atoms with Crippen LogP contribution in [0.3, 0.4) is 0 Å². The van der Waals surface area contributed by atoms with Crippen molar-refractivity contribution in [3.63, 3.8) is 0 Å². The summed E-state index contributed by atoms with van der Waals surface area (Å²) in [5, 5.41) is 11.8. The van der Waals surface area contributed by atoms with E-state index in [1.165, 1.54) is 8.07 Å². The van der Waals surface area contributed by atoms with Gasteiger partial charge >= 0.3 is 84.5 Å². The van der Waals surface area contributed by atoms with Gasteiger partial charge in [-0.3, -0.25) is 0 Å². The van der Waals surface area contributed by atoms with E-state index in [0.717, 1.165) is 11.4 Å². The van der Waals surface area contributed by atoms with E-state index in [0.29, 0.717) is 0 Å². The van der Waals surface area contributed by atoms with Crippen LogP contribution in [-0.2, 0) is 7.05 Å². The van der Waals surface area contributed by atoms with E-state index >= 15 is 0 Å². The van der Waals surface area contributed by atoms with Crippen LogP contribution in [0.25, 0.3) is 5.57 Å². The summed E-state index contributed by atoms with van der Waals surface area (Å²) in [6.45, 7) is 0. The van der Waals surface area contributed by atoms with Crippen LogP contribution in [0.4, 0.5) is 0 Å². The molecule has 6 heteroatoms. The van der Waals surface area contributed by atoms with E-state index in [1.807, 2.05) is 0 Å². The summed E-state index contributed by atoms with van der Waals surface area (Å²) in [6, 6.07) is 0. The van der Waals surface area contributed by atoms with Gasteiger partial charge in [0.2, 0.25) is 0 Å².